The molecule has 0 radical (unpaired) electrons. The number of nitrogens with one attached hydrogen (secondary N) is 2. The molecule has 1 aromatic heterocycles. The number of aromatic nitrogens is 2. The zero-order valence-electron chi connectivity index (χ0n) is 15.1. The molecule has 0 saturated carbocycles. The molecule has 0 aliphatic rings. The minimum absolute atomic E-state index is 0.246. The van der Waals surface area contributed by atoms with E-state index in [1.54, 1.807) is 6.07 Å². The van der Waals surface area contributed by atoms with Crippen LogP contribution in [0.5, 0.6) is 0 Å². The average molecular weight is 433 g/mol. The van der Waals surface area contributed by atoms with Gasteiger partial charge < -0.3 is 0 Å². The average Bonchev–Trinajstić information content (AvgIpc) is 2.72. The number of halogens is 1. The lowest BCUT2D eigenvalue weighted by molar-refractivity contribution is 0.0962. The van der Waals surface area contributed by atoms with E-state index in [1.165, 1.54) is 0 Å². The Morgan fingerprint density at radius 3 is 2.54 bits per heavy atom. The second-order valence-electron chi connectivity index (χ2n) is 6.37. The predicted octanol–water partition coefficient (Wildman–Crippen LogP) is 5.12. The Kier molecular flexibility index (Phi) is 5.04. The fraction of sp³-hybridized carbons (Fsp3) is 0.0455. The van der Waals surface area contributed by atoms with E-state index in [4.69, 9.17) is 0 Å². The minimum atomic E-state index is -0.246. The maximum absolute atomic E-state index is 12.4. The lowest BCUT2D eigenvalue weighted by atomic mass is 10.1. The largest absolute Gasteiger partial charge is 0.269 e. The van der Waals surface area contributed by atoms with Crippen molar-refractivity contribution in [1.29, 1.82) is 0 Å². The monoisotopic (exact) mass is 432 g/mol. The molecular formula is C22H17BrN4O. The van der Waals surface area contributed by atoms with Crippen molar-refractivity contribution >= 4 is 38.7 Å². The number of anilines is 1. The summed E-state index contributed by atoms with van der Waals surface area (Å²) in [7, 11) is 0. The standard InChI is InChI=1S/C22H17BrN4O/c1-14-6-5-9-16(12-14)21(28)26-27-22-24-19-11-10-17(23)13-18(19)20(25-22)15-7-3-2-4-8-15/h2-13H,1H3,(H,26,28)(H,24,25,27). The van der Waals surface area contributed by atoms with Crippen LogP contribution in [0.4, 0.5) is 5.95 Å². The summed E-state index contributed by atoms with van der Waals surface area (Å²) in [6.07, 6.45) is 0. The van der Waals surface area contributed by atoms with Gasteiger partial charge in [-0.3, -0.25) is 15.6 Å². The molecular weight excluding hydrogens is 416 g/mol. The molecule has 0 aliphatic carbocycles. The summed E-state index contributed by atoms with van der Waals surface area (Å²) >= 11 is 3.51. The molecule has 0 unspecified atom stereocenters. The molecule has 0 aliphatic heterocycles. The third-order valence-electron chi connectivity index (χ3n) is 4.27. The summed E-state index contributed by atoms with van der Waals surface area (Å²) in [6, 6.07) is 23.1. The number of nitrogens with zero attached hydrogens (tertiary/aromatic N) is 2. The summed E-state index contributed by atoms with van der Waals surface area (Å²) in [4.78, 5) is 21.6. The van der Waals surface area contributed by atoms with Gasteiger partial charge in [0.25, 0.3) is 5.91 Å². The number of benzene rings is 3. The highest BCUT2D eigenvalue weighted by molar-refractivity contribution is 9.10. The Bertz CT molecular complexity index is 1160. The zero-order chi connectivity index (χ0) is 19.5. The first-order valence-electron chi connectivity index (χ1n) is 8.76. The number of aryl methyl sites for hydroxylation is 1. The second-order valence-corrected chi connectivity index (χ2v) is 7.29. The molecule has 4 rings (SSSR count). The zero-order valence-corrected chi connectivity index (χ0v) is 16.7. The molecule has 6 heteroatoms. The Morgan fingerprint density at radius 1 is 0.929 bits per heavy atom. The van der Waals surface area contributed by atoms with Crippen LogP contribution in [0.25, 0.3) is 22.2 Å². The molecule has 1 amide bonds. The van der Waals surface area contributed by atoms with Crippen molar-refractivity contribution in [3.63, 3.8) is 0 Å². The quantitative estimate of drug-likeness (QED) is 0.438. The van der Waals surface area contributed by atoms with Crippen molar-refractivity contribution in [2.75, 3.05) is 5.43 Å². The molecule has 4 aromatic rings. The molecule has 0 fully saturated rings. The van der Waals surface area contributed by atoms with Crippen molar-refractivity contribution in [1.82, 2.24) is 15.4 Å². The van der Waals surface area contributed by atoms with Crippen molar-refractivity contribution in [2.24, 2.45) is 0 Å². The molecule has 0 spiro atoms. The smallest absolute Gasteiger partial charge is 0.267 e. The molecule has 138 valence electrons. The third-order valence-corrected chi connectivity index (χ3v) is 4.77. The van der Waals surface area contributed by atoms with E-state index in [-0.39, 0.29) is 5.91 Å². The van der Waals surface area contributed by atoms with Gasteiger partial charge in [-0.2, -0.15) is 0 Å². The molecule has 0 atom stereocenters. The van der Waals surface area contributed by atoms with E-state index in [0.717, 1.165) is 32.2 Å². The number of hydrogen-bond donors (Lipinski definition) is 2. The number of carbonyl (C=O) groups excluding carboxylic acids is 1. The van der Waals surface area contributed by atoms with Gasteiger partial charge in [0.1, 0.15) is 0 Å². The van der Waals surface area contributed by atoms with Crippen LogP contribution in [0, 0.1) is 6.92 Å². The van der Waals surface area contributed by atoms with Gasteiger partial charge in [0.15, 0.2) is 0 Å². The van der Waals surface area contributed by atoms with Crippen LogP contribution in [-0.4, -0.2) is 15.9 Å². The molecule has 0 bridgehead atoms. The fourth-order valence-corrected chi connectivity index (χ4v) is 3.30. The van der Waals surface area contributed by atoms with Crippen LogP contribution >= 0.6 is 15.9 Å². The molecule has 1 heterocycles. The highest BCUT2D eigenvalue weighted by atomic mass is 79.9. The topological polar surface area (TPSA) is 66.9 Å². The number of amides is 1. The minimum Gasteiger partial charge on any atom is -0.267 e. The lowest BCUT2D eigenvalue weighted by Gasteiger charge is -2.12. The van der Waals surface area contributed by atoms with Gasteiger partial charge in [-0.1, -0.05) is 64.0 Å². The predicted molar refractivity (Wildman–Crippen MR) is 115 cm³/mol. The van der Waals surface area contributed by atoms with Crippen molar-refractivity contribution in [3.8, 4) is 11.3 Å². The first-order valence-corrected chi connectivity index (χ1v) is 9.55. The SMILES string of the molecule is Cc1cccc(C(=O)NNc2nc(-c3ccccc3)c3cc(Br)ccc3n2)c1. The Balaban J connectivity index is 1.68. The van der Waals surface area contributed by atoms with E-state index in [2.05, 4.69) is 36.7 Å². The number of rotatable bonds is 4. The van der Waals surface area contributed by atoms with Gasteiger partial charge in [-0.25, -0.2) is 9.97 Å². The summed E-state index contributed by atoms with van der Waals surface area (Å²) in [5.74, 6) is 0.0825. The maximum Gasteiger partial charge on any atom is 0.269 e. The number of carbonyl (C=O) groups is 1. The summed E-state index contributed by atoms with van der Waals surface area (Å²) in [6.45, 7) is 1.95. The molecule has 0 saturated heterocycles. The molecule has 28 heavy (non-hydrogen) atoms. The second kappa shape index (κ2) is 7.78. The highest BCUT2D eigenvalue weighted by Gasteiger charge is 2.12. The van der Waals surface area contributed by atoms with E-state index in [9.17, 15) is 4.79 Å². The van der Waals surface area contributed by atoms with Crippen LogP contribution in [-0.2, 0) is 0 Å². The Morgan fingerprint density at radius 2 is 1.75 bits per heavy atom. The van der Waals surface area contributed by atoms with Crippen molar-refractivity contribution in [3.05, 3.63) is 88.4 Å². The summed E-state index contributed by atoms with van der Waals surface area (Å²) in [5, 5.41) is 0.927. The van der Waals surface area contributed by atoms with E-state index >= 15 is 0 Å². The first kappa shape index (κ1) is 18.1. The normalized spacial score (nSPS) is 10.6. The van der Waals surface area contributed by atoms with Gasteiger partial charge in [0, 0.05) is 21.0 Å². The summed E-state index contributed by atoms with van der Waals surface area (Å²) in [5.41, 5.74) is 9.66. The van der Waals surface area contributed by atoms with Gasteiger partial charge in [-0.15, -0.1) is 0 Å². The van der Waals surface area contributed by atoms with Crippen LogP contribution < -0.4 is 10.9 Å². The summed E-state index contributed by atoms with van der Waals surface area (Å²) < 4.78 is 0.953. The first-order chi connectivity index (χ1) is 13.6. The molecule has 5 nitrogen and oxygen atoms in total. The van der Waals surface area contributed by atoms with E-state index in [1.807, 2.05) is 73.7 Å². The third kappa shape index (κ3) is 3.87. The van der Waals surface area contributed by atoms with Crippen molar-refractivity contribution in [2.45, 2.75) is 6.92 Å². The van der Waals surface area contributed by atoms with Crippen LogP contribution in [0.15, 0.2) is 77.3 Å². The fourth-order valence-electron chi connectivity index (χ4n) is 2.94. The van der Waals surface area contributed by atoms with E-state index in [0.29, 0.717) is 11.5 Å². The van der Waals surface area contributed by atoms with Crippen molar-refractivity contribution < 1.29 is 4.79 Å². The maximum atomic E-state index is 12.4. The van der Waals surface area contributed by atoms with Gasteiger partial charge in [0.05, 0.1) is 11.2 Å². The Hall–Kier alpha value is -3.25. The molecule has 2 N–H and O–H groups in total. The number of hydrogen-bond acceptors (Lipinski definition) is 4. The van der Waals surface area contributed by atoms with Gasteiger partial charge in [0.2, 0.25) is 5.95 Å². The van der Waals surface area contributed by atoms with Crippen LogP contribution in [0.1, 0.15) is 15.9 Å². The van der Waals surface area contributed by atoms with Crippen LogP contribution in [0.2, 0.25) is 0 Å². The highest BCUT2D eigenvalue weighted by Crippen LogP contribution is 2.29. The number of hydrazine groups is 1. The molecule has 3 aromatic carbocycles. The Labute approximate surface area is 170 Å². The van der Waals surface area contributed by atoms with Gasteiger partial charge >= 0.3 is 0 Å². The van der Waals surface area contributed by atoms with Gasteiger partial charge in [-0.05, 0) is 37.3 Å². The van der Waals surface area contributed by atoms with E-state index < -0.39 is 0 Å². The number of fused-ring (bicyclic) bond motifs is 1. The lowest BCUT2D eigenvalue weighted by Crippen LogP contribution is -2.30. The van der Waals surface area contributed by atoms with Crippen LogP contribution in [0.3, 0.4) is 0 Å².